The number of nitrogens with one attached hydrogen (secondary N) is 1. The molecule has 1 unspecified atom stereocenters. The molecule has 1 aliphatic heterocycles. The topological polar surface area (TPSA) is 52.6 Å². The lowest BCUT2D eigenvalue weighted by Gasteiger charge is -2.41. The zero-order valence-electron chi connectivity index (χ0n) is 20.4. The van der Waals surface area contributed by atoms with Gasteiger partial charge in [0.2, 0.25) is 11.8 Å². The highest BCUT2D eigenvalue weighted by Crippen LogP contribution is 2.29. The summed E-state index contributed by atoms with van der Waals surface area (Å²) < 4.78 is 14.5. The first-order valence-corrected chi connectivity index (χ1v) is 12.6. The molecule has 2 amide bonds. The van der Waals surface area contributed by atoms with Crippen LogP contribution in [0, 0.1) is 18.7 Å². The van der Waals surface area contributed by atoms with Crippen molar-refractivity contribution in [3.63, 3.8) is 0 Å². The first-order chi connectivity index (χ1) is 16.4. The second-order valence-corrected chi connectivity index (χ2v) is 9.87. The highest BCUT2D eigenvalue weighted by atomic mass is 19.1. The first kappa shape index (κ1) is 24.4. The number of aryl methyl sites for hydroxylation is 1. The van der Waals surface area contributed by atoms with Crippen LogP contribution < -0.4 is 5.32 Å². The van der Waals surface area contributed by atoms with Crippen LogP contribution in [0.4, 0.5) is 10.1 Å². The van der Waals surface area contributed by atoms with Crippen LogP contribution in [0.15, 0.2) is 42.5 Å². The van der Waals surface area contributed by atoms with Crippen molar-refractivity contribution in [2.75, 3.05) is 25.0 Å². The smallest absolute Gasteiger partial charge is 0.226 e. The molecule has 2 aliphatic rings. The van der Waals surface area contributed by atoms with Crippen LogP contribution in [0.5, 0.6) is 0 Å². The van der Waals surface area contributed by atoms with Gasteiger partial charge in [-0.15, -0.1) is 0 Å². The van der Waals surface area contributed by atoms with Crippen LogP contribution in [0.3, 0.4) is 0 Å². The molecule has 4 rings (SSSR count). The number of piperazine rings is 1. The number of hydrogen-bond donors (Lipinski definition) is 1. The second kappa shape index (κ2) is 11.1. The summed E-state index contributed by atoms with van der Waals surface area (Å²) in [7, 11) is 0. The fraction of sp³-hybridized carbons (Fsp3) is 0.500. The number of amides is 2. The van der Waals surface area contributed by atoms with E-state index in [9.17, 15) is 14.0 Å². The molecule has 1 aliphatic carbocycles. The molecule has 1 N–H and O–H groups in total. The summed E-state index contributed by atoms with van der Waals surface area (Å²) >= 11 is 0. The lowest BCUT2D eigenvalue weighted by molar-refractivity contribution is -0.140. The Morgan fingerprint density at radius 2 is 1.82 bits per heavy atom. The fourth-order valence-corrected chi connectivity index (χ4v) is 5.30. The maximum atomic E-state index is 14.5. The Kier molecular flexibility index (Phi) is 7.99. The van der Waals surface area contributed by atoms with Crippen LogP contribution in [-0.2, 0) is 22.6 Å². The summed E-state index contributed by atoms with van der Waals surface area (Å²) in [5.41, 5.74) is 3.41. The third-order valence-electron chi connectivity index (χ3n) is 7.33. The predicted molar refractivity (Wildman–Crippen MR) is 133 cm³/mol. The monoisotopic (exact) mass is 465 g/mol. The zero-order chi connectivity index (χ0) is 24.1. The quantitative estimate of drug-likeness (QED) is 0.631. The minimum atomic E-state index is -0.345. The van der Waals surface area contributed by atoms with Crippen molar-refractivity contribution in [2.24, 2.45) is 5.92 Å². The minimum absolute atomic E-state index is 0.115. The lowest BCUT2D eigenvalue weighted by atomic mass is 10.0. The van der Waals surface area contributed by atoms with Crippen molar-refractivity contribution in [2.45, 2.75) is 65.0 Å². The van der Waals surface area contributed by atoms with Crippen LogP contribution in [0.1, 0.15) is 55.7 Å². The molecule has 0 radical (unpaired) electrons. The van der Waals surface area contributed by atoms with Crippen LogP contribution >= 0.6 is 0 Å². The van der Waals surface area contributed by atoms with Crippen molar-refractivity contribution in [1.82, 2.24) is 9.80 Å². The van der Waals surface area contributed by atoms with Gasteiger partial charge in [0.15, 0.2) is 0 Å². The minimum Gasteiger partial charge on any atom is -0.337 e. The van der Waals surface area contributed by atoms with Gasteiger partial charge in [0.1, 0.15) is 5.82 Å². The average Bonchev–Trinajstić information content (AvgIpc) is 3.36. The second-order valence-electron chi connectivity index (χ2n) is 9.87. The van der Waals surface area contributed by atoms with Crippen molar-refractivity contribution in [1.29, 1.82) is 0 Å². The molecule has 1 saturated carbocycles. The summed E-state index contributed by atoms with van der Waals surface area (Å²) in [6, 6.07) is 13.0. The summed E-state index contributed by atoms with van der Waals surface area (Å²) in [5, 5.41) is 2.91. The van der Waals surface area contributed by atoms with E-state index in [-0.39, 0.29) is 23.7 Å². The van der Waals surface area contributed by atoms with E-state index in [2.05, 4.69) is 17.1 Å². The molecule has 0 bridgehead atoms. The zero-order valence-corrected chi connectivity index (χ0v) is 20.4. The van der Waals surface area contributed by atoms with E-state index in [4.69, 9.17) is 0 Å². The Labute approximate surface area is 202 Å². The van der Waals surface area contributed by atoms with E-state index >= 15 is 0 Å². The lowest BCUT2D eigenvalue weighted by Crippen LogP contribution is -2.54. The molecule has 0 aromatic heterocycles. The molecule has 2 aromatic carbocycles. The van der Waals surface area contributed by atoms with Crippen molar-refractivity contribution < 1.29 is 14.0 Å². The Hall–Kier alpha value is -2.73. The van der Waals surface area contributed by atoms with Gasteiger partial charge in [0.05, 0.1) is 0 Å². The Balaban J connectivity index is 1.35. The molecule has 5 nitrogen and oxygen atoms in total. The molecule has 1 heterocycles. The van der Waals surface area contributed by atoms with Crippen LogP contribution in [-0.4, -0.2) is 47.3 Å². The number of anilines is 1. The molecule has 2 fully saturated rings. The molecule has 1 atom stereocenters. The Morgan fingerprint density at radius 1 is 1.09 bits per heavy atom. The summed E-state index contributed by atoms with van der Waals surface area (Å²) in [6.45, 7) is 6.91. The van der Waals surface area contributed by atoms with Gasteiger partial charge in [-0.05, 0) is 61.9 Å². The van der Waals surface area contributed by atoms with Gasteiger partial charge in [0.25, 0.3) is 0 Å². The fourth-order valence-electron chi connectivity index (χ4n) is 5.30. The summed E-state index contributed by atoms with van der Waals surface area (Å²) in [5.74, 6) is 0.0535. The Bertz CT molecular complexity index is 1000. The summed E-state index contributed by atoms with van der Waals surface area (Å²) in [4.78, 5) is 29.7. The normalized spacial score (nSPS) is 19.4. The molecule has 182 valence electrons. The van der Waals surface area contributed by atoms with Gasteiger partial charge in [0, 0.05) is 50.2 Å². The van der Waals surface area contributed by atoms with E-state index in [0.29, 0.717) is 37.5 Å². The summed E-state index contributed by atoms with van der Waals surface area (Å²) in [6.07, 6.45) is 5.37. The highest BCUT2D eigenvalue weighted by Gasteiger charge is 2.33. The first-order valence-electron chi connectivity index (χ1n) is 12.6. The molecular weight excluding hydrogens is 429 g/mol. The van der Waals surface area contributed by atoms with E-state index in [0.717, 1.165) is 55.5 Å². The number of benzene rings is 2. The van der Waals surface area contributed by atoms with Crippen molar-refractivity contribution in [3.05, 3.63) is 65.0 Å². The largest absolute Gasteiger partial charge is 0.337 e. The molecule has 1 saturated heterocycles. The van der Waals surface area contributed by atoms with E-state index in [1.807, 2.05) is 42.2 Å². The predicted octanol–water partition coefficient (Wildman–Crippen LogP) is 4.93. The number of nitrogens with zero attached hydrogens (tertiary/aromatic N) is 2. The molecule has 6 heteroatoms. The van der Waals surface area contributed by atoms with Gasteiger partial charge < -0.3 is 10.2 Å². The van der Waals surface area contributed by atoms with Gasteiger partial charge in [-0.25, -0.2) is 4.39 Å². The van der Waals surface area contributed by atoms with Crippen LogP contribution in [0.25, 0.3) is 0 Å². The molecule has 0 spiro atoms. The van der Waals surface area contributed by atoms with Gasteiger partial charge in [-0.2, -0.15) is 0 Å². The third-order valence-corrected chi connectivity index (χ3v) is 7.33. The highest BCUT2D eigenvalue weighted by molar-refractivity contribution is 5.91. The molecule has 34 heavy (non-hydrogen) atoms. The Morgan fingerprint density at radius 3 is 2.53 bits per heavy atom. The maximum Gasteiger partial charge on any atom is 0.226 e. The third kappa shape index (κ3) is 6.03. The average molecular weight is 466 g/mol. The number of carbonyl (C=O) groups excluding carboxylic acids is 2. The van der Waals surface area contributed by atoms with Crippen molar-refractivity contribution >= 4 is 17.5 Å². The van der Waals surface area contributed by atoms with Gasteiger partial charge in [-0.1, -0.05) is 43.2 Å². The van der Waals surface area contributed by atoms with Gasteiger partial charge in [-0.3, -0.25) is 14.5 Å². The van der Waals surface area contributed by atoms with E-state index < -0.39 is 0 Å². The van der Waals surface area contributed by atoms with Gasteiger partial charge >= 0.3 is 0 Å². The molecular formula is C28H36FN3O2. The standard InChI is InChI=1S/C28H36FN3O2/c1-20-18-31(14-15-32(20)28(34)23-10-6-7-11-23)19-24-16-25(29)17-26(21(24)2)30-27(33)13-12-22-8-4-3-5-9-22/h3-5,8-9,16-17,20,23H,6-7,10-15,18-19H2,1-2H3,(H,30,33). The molecule has 2 aromatic rings. The number of carbonyl (C=O) groups is 2. The SMILES string of the molecule is Cc1c(CN2CCN(C(=O)C3CCCC3)C(C)C2)cc(F)cc1NC(=O)CCc1ccccc1. The number of hydrogen-bond acceptors (Lipinski definition) is 3. The van der Waals surface area contributed by atoms with E-state index in [1.54, 1.807) is 6.07 Å². The maximum absolute atomic E-state index is 14.5. The van der Waals surface area contributed by atoms with Crippen LogP contribution in [0.2, 0.25) is 0 Å². The number of halogens is 1. The van der Waals surface area contributed by atoms with Crippen molar-refractivity contribution in [3.8, 4) is 0 Å². The number of rotatable bonds is 7. The van der Waals surface area contributed by atoms with E-state index in [1.165, 1.54) is 6.07 Å².